The van der Waals surface area contributed by atoms with E-state index in [-0.39, 0.29) is 0 Å². The molecule has 1 atom stereocenters. The number of benzene rings is 1. The Morgan fingerprint density at radius 3 is 2.71 bits per heavy atom. The highest BCUT2D eigenvalue weighted by molar-refractivity contribution is 5.33. The fourth-order valence-electron chi connectivity index (χ4n) is 2.83. The molecule has 0 N–H and O–H groups in total. The summed E-state index contributed by atoms with van der Waals surface area (Å²) in [4.78, 5) is 0. The van der Waals surface area contributed by atoms with Crippen molar-refractivity contribution in [1.29, 1.82) is 0 Å². The average molecular weight is 330 g/mol. The van der Waals surface area contributed by atoms with Crippen LogP contribution in [0, 0.1) is 12.0 Å². The van der Waals surface area contributed by atoms with Crippen LogP contribution in [0.1, 0.15) is 90.5 Å². The summed E-state index contributed by atoms with van der Waals surface area (Å²) in [7, 11) is 0. The highest BCUT2D eigenvalue weighted by atomic mass is 16.5. The van der Waals surface area contributed by atoms with E-state index in [0.29, 0.717) is 0 Å². The van der Waals surface area contributed by atoms with Gasteiger partial charge in [-0.1, -0.05) is 77.8 Å². The largest absolute Gasteiger partial charge is 0.465 e. The van der Waals surface area contributed by atoms with Crippen LogP contribution in [0.15, 0.2) is 30.5 Å². The van der Waals surface area contributed by atoms with E-state index >= 15 is 0 Å². The minimum absolute atomic E-state index is 0.852. The van der Waals surface area contributed by atoms with Gasteiger partial charge in [0, 0.05) is 0 Å². The van der Waals surface area contributed by atoms with Crippen LogP contribution < -0.4 is 4.74 Å². The number of aryl methyl sites for hydroxylation is 1. The summed E-state index contributed by atoms with van der Waals surface area (Å²) in [5, 5.41) is 0. The lowest BCUT2D eigenvalue weighted by molar-refractivity contribution is 0.463. The molecule has 135 valence electrons. The molecule has 0 amide bonds. The van der Waals surface area contributed by atoms with Crippen LogP contribution in [0.25, 0.3) is 0 Å². The first-order valence-electron chi connectivity index (χ1n) is 10.1. The van der Waals surface area contributed by atoms with Gasteiger partial charge >= 0.3 is 0 Å². The number of hydrogen-bond acceptors (Lipinski definition) is 1. The monoisotopic (exact) mass is 329 g/mol. The summed E-state index contributed by atoms with van der Waals surface area (Å²) in [6, 6.07) is 9.25. The van der Waals surface area contributed by atoms with Gasteiger partial charge in [-0.05, 0) is 55.4 Å². The van der Waals surface area contributed by atoms with Crippen LogP contribution in [0.2, 0.25) is 0 Å². The molecule has 1 aromatic carbocycles. The number of rotatable bonds is 14. The van der Waals surface area contributed by atoms with E-state index < -0.39 is 0 Å². The molecule has 1 heteroatoms. The van der Waals surface area contributed by atoms with Crippen LogP contribution in [0.5, 0.6) is 5.75 Å². The number of unbranched alkanes of at least 4 members (excludes halogenated alkanes) is 6. The van der Waals surface area contributed by atoms with Gasteiger partial charge in [-0.3, -0.25) is 0 Å². The summed E-state index contributed by atoms with van der Waals surface area (Å²) in [6.45, 7) is 6.88. The normalized spacial score (nSPS) is 12.6. The van der Waals surface area contributed by atoms with Crippen molar-refractivity contribution in [3.05, 3.63) is 42.2 Å². The van der Waals surface area contributed by atoms with Crippen molar-refractivity contribution in [3.63, 3.8) is 0 Å². The third-order valence-corrected chi connectivity index (χ3v) is 4.77. The van der Waals surface area contributed by atoms with Crippen molar-refractivity contribution < 1.29 is 4.74 Å². The fourth-order valence-corrected chi connectivity index (χ4v) is 2.83. The van der Waals surface area contributed by atoms with Gasteiger partial charge in [-0.2, -0.15) is 0 Å². The Morgan fingerprint density at radius 2 is 1.92 bits per heavy atom. The van der Waals surface area contributed by atoms with Gasteiger partial charge in [0.05, 0.1) is 6.26 Å². The first kappa shape index (κ1) is 20.8. The van der Waals surface area contributed by atoms with Crippen molar-refractivity contribution in [3.8, 4) is 5.75 Å². The molecule has 0 aliphatic rings. The molecule has 1 unspecified atom stereocenters. The molecule has 0 saturated heterocycles. The highest BCUT2D eigenvalue weighted by Crippen LogP contribution is 2.21. The van der Waals surface area contributed by atoms with E-state index in [9.17, 15) is 0 Å². The van der Waals surface area contributed by atoms with E-state index in [0.717, 1.165) is 24.5 Å². The van der Waals surface area contributed by atoms with E-state index in [1.54, 1.807) is 0 Å². The average Bonchev–Trinajstić information content (AvgIpc) is 2.61. The molecular formula is C23H37O. The lowest BCUT2D eigenvalue weighted by Crippen LogP contribution is -1.95. The van der Waals surface area contributed by atoms with Gasteiger partial charge in [0.2, 0.25) is 0 Å². The SMILES string of the molecule is CCCCCCCC=COc1c[c]ccc1CCCCC(C)CC. The molecule has 0 saturated carbocycles. The number of ether oxygens (including phenoxy) is 1. The second-order valence-corrected chi connectivity index (χ2v) is 6.99. The summed E-state index contributed by atoms with van der Waals surface area (Å²) in [6.07, 6.45) is 18.0. The zero-order chi connectivity index (χ0) is 17.5. The Bertz CT molecular complexity index is 435. The van der Waals surface area contributed by atoms with Gasteiger partial charge in [0.1, 0.15) is 5.75 Å². The van der Waals surface area contributed by atoms with Crippen molar-refractivity contribution in [1.82, 2.24) is 0 Å². The van der Waals surface area contributed by atoms with Crippen LogP contribution >= 0.6 is 0 Å². The topological polar surface area (TPSA) is 9.23 Å². The van der Waals surface area contributed by atoms with Crippen molar-refractivity contribution >= 4 is 0 Å². The molecule has 1 radical (unpaired) electrons. The van der Waals surface area contributed by atoms with Crippen molar-refractivity contribution in [2.24, 2.45) is 5.92 Å². The Kier molecular flexibility index (Phi) is 12.3. The minimum Gasteiger partial charge on any atom is -0.465 e. The van der Waals surface area contributed by atoms with E-state index in [4.69, 9.17) is 4.74 Å². The summed E-state index contributed by atoms with van der Waals surface area (Å²) >= 11 is 0. The third kappa shape index (κ3) is 9.80. The zero-order valence-corrected chi connectivity index (χ0v) is 16.2. The van der Waals surface area contributed by atoms with Gasteiger partial charge in [0.15, 0.2) is 0 Å². The van der Waals surface area contributed by atoms with E-state index in [2.05, 4.69) is 39.0 Å². The van der Waals surface area contributed by atoms with Gasteiger partial charge in [0.25, 0.3) is 0 Å². The Labute approximate surface area is 150 Å². The summed E-state index contributed by atoms with van der Waals surface area (Å²) in [5.41, 5.74) is 1.31. The van der Waals surface area contributed by atoms with E-state index in [1.165, 1.54) is 63.4 Å². The summed E-state index contributed by atoms with van der Waals surface area (Å²) < 4.78 is 5.85. The molecule has 1 aromatic rings. The predicted molar refractivity (Wildman–Crippen MR) is 105 cm³/mol. The molecule has 1 rings (SSSR count). The molecule has 0 spiro atoms. The summed E-state index contributed by atoms with van der Waals surface area (Å²) in [5.74, 6) is 1.83. The fraction of sp³-hybridized carbons (Fsp3) is 0.652. The second kappa shape index (κ2) is 14.1. The van der Waals surface area contributed by atoms with Gasteiger partial charge in [-0.25, -0.2) is 0 Å². The molecule has 1 nitrogen and oxygen atoms in total. The third-order valence-electron chi connectivity index (χ3n) is 4.77. The molecule has 0 bridgehead atoms. The lowest BCUT2D eigenvalue weighted by Gasteiger charge is -2.10. The van der Waals surface area contributed by atoms with E-state index in [1.807, 2.05) is 18.4 Å². The van der Waals surface area contributed by atoms with Crippen molar-refractivity contribution in [2.75, 3.05) is 0 Å². The lowest BCUT2D eigenvalue weighted by atomic mass is 9.99. The molecular weight excluding hydrogens is 292 g/mol. The maximum atomic E-state index is 5.85. The maximum Gasteiger partial charge on any atom is 0.130 e. The Balaban J connectivity index is 2.27. The molecule has 24 heavy (non-hydrogen) atoms. The molecule has 0 aliphatic heterocycles. The first-order chi connectivity index (χ1) is 11.8. The van der Waals surface area contributed by atoms with Gasteiger partial charge < -0.3 is 4.74 Å². The molecule has 0 aliphatic carbocycles. The second-order valence-electron chi connectivity index (χ2n) is 6.99. The standard InChI is InChI=1S/C23H37O/c1-4-6-7-8-9-10-15-20-24-23-19-14-13-18-22(23)17-12-11-16-21(3)5-2/h13,15,18-21H,4-12,16-17H2,1-3H3. The first-order valence-corrected chi connectivity index (χ1v) is 10.1. The Hall–Kier alpha value is -1.24. The van der Waals surface area contributed by atoms with Crippen LogP contribution in [0.4, 0.5) is 0 Å². The maximum absolute atomic E-state index is 5.85. The Morgan fingerprint density at radius 1 is 1.08 bits per heavy atom. The highest BCUT2D eigenvalue weighted by Gasteiger charge is 2.03. The zero-order valence-electron chi connectivity index (χ0n) is 16.2. The molecule has 0 aromatic heterocycles. The quantitative estimate of drug-likeness (QED) is 0.253. The number of hydrogen-bond donors (Lipinski definition) is 0. The molecule has 0 heterocycles. The van der Waals surface area contributed by atoms with Crippen molar-refractivity contribution in [2.45, 2.75) is 91.4 Å². The van der Waals surface area contributed by atoms with Crippen LogP contribution in [-0.4, -0.2) is 0 Å². The minimum atomic E-state index is 0.852. The predicted octanol–water partition coefficient (Wildman–Crippen LogP) is 7.50. The number of allylic oxidation sites excluding steroid dienone is 1. The smallest absolute Gasteiger partial charge is 0.130 e. The molecule has 0 fully saturated rings. The van der Waals surface area contributed by atoms with Crippen LogP contribution in [-0.2, 0) is 6.42 Å². The van der Waals surface area contributed by atoms with Gasteiger partial charge in [-0.15, -0.1) is 0 Å². The van der Waals surface area contributed by atoms with Crippen LogP contribution in [0.3, 0.4) is 0 Å².